The van der Waals surface area contributed by atoms with Gasteiger partial charge in [0.25, 0.3) is 0 Å². The molecule has 0 aliphatic rings. The lowest BCUT2D eigenvalue weighted by Gasteiger charge is -2.14. The topological polar surface area (TPSA) is 49.3 Å². The number of aliphatic hydroxyl groups excluding tert-OH is 1. The van der Waals surface area contributed by atoms with Gasteiger partial charge in [0, 0.05) is 6.42 Å². The van der Waals surface area contributed by atoms with Crippen molar-refractivity contribution >= 4 is 5.91 Å². The predicted molar refractivity (Wildman–Crippen MR) is 40.0 cm³/mol. The number of nitrogens with one attached hydrogen (secondary N) is 1. The van der Waals surface area contributed by atoms with Crippen molar-refractivity contribution in [2.75, 3.05) is 6.54 Å². The maximum atomic E-state index is 11.7. The summed E-state index contributed by atoms with van der Waals surface area (Å²) < 4.78 is 35.1. The molecule has 0 radical (unpaired) electrons. The quantitative estimate of drug-likeness (QED) is 0.704. The van der Waals surface area contributed by atoms with Gasteiger partial charge in [-0.15, -0.1) is 0 Å². The number of halogens is 3. The van der Waals surface area contributed by atoms with Crippen LogP contribution in [0.5, 0.6) is 0 Å². The Hall–Kier alpha value is -0.780. The zero-order valence-electron chi connectivity index (χ0n) is 7.19. The lowest BCUT2D eigenvalue weighted by Crippen LogP contribution is -2.40. The summed E-state index contributed by atoms with van der Waals surface area (Å²) in [6.07, 6.45) is -6.41. The Bertz CT molecular complexity index is 170. The van der Waals surface area contributed by atoms with Crippen molar-refractivity contribution in [3.05, 3.63) is 0 Å². The highest BCUT2D eigenvalue weighted by atomic mass is 19.4. The summed E-state index contributed by atoms with van der Waals surface area (Å²) >= 11 is 0. The molecule has 6 heteroatoms. The van der Waals surface area contributed by atoms with Crippen molar-refractivity contribution < 1.29 is 23.1 Å². The first-order chi connectivity index (χ1) is 5.88. The van der Waals surface area contributed by atoms with Crippen LogP contribution in [0.15, 0.2) is 0 Å². The molecule has 1 unspecified atom stereocenters. The summed E-state index contributed by atoms with van der Waals surface area (Å²) in [5.74, 6) is -0.481. The molecule has 0 fully saturated rings. The van der Waals surface area contributed by atoms with E-state index in [1.54, 1.807) is 6.92 Å². The standard InChI is InChI=1S/C7H12F3NO2/c1-2-3-6(13)11-4-5(12)7(8,9)10/h5,12H,2-4H2,1H3,(H,11,13). The minimum absolute atomic E-state index is 0.171. The molecular formula is C7H12F3NO2. The fourth-order valence-corrected chi connectivity index (χ4v) is 0.642. The van der Waals surface area contributed by atoms with Gasteiger partial charge in [-0.1, -0.05) is 6.92 Å². The van der Waals surface area contributed by atoms with Gasteiger partial charge in [0.1, 0.15) is 0 Å². The van der Waals surface area contributed by atoms with Gasteiger partial charge in [-0.3, -0.25) is 4.79 Å². The minimum Gasteiger partial charge on any atom is -0.382 e. The van der Waals surface area contributed by atoms with Gasteiger partial charge >= 0.3 is 6.18 Å². The van der Waals surface area contributed by atoms with E-state index in [9.17, 15) is 18.0 Å². The van der Waals surface area contributed by atoms with Gasteiger partial charge in [0.05, 0.1) is 6.54 Å². The summed E-state index contributed by atoms with van der Waals surface area (Å²) in [5.41, 5.74) is 0. The second kappa shape index (κ2) is 5.06. The molecule has 0 saturated heterocycles. The molecule has 0 spiro atoms. The fraction of sp³-hybridized carbons (Fsp3) is 0.857. The van der Waals surface area contributed by atoms with Crippen LogP contribution >= 0.6 is 0 Å². The first-order valence-corrected chi connectivity index (χ1v) is 3.89. The number of carbonyl (C=O) groups is 1. The van der Waals surface area contributed by atoms with Gasteiger partial charge < -0.3 is 10.4 Å². The summed E-state index contributed by atoms with van der Waals surface area (Å²) in [6.45, 7) is 0.960. The van der Waals surface area contributed by atoms with Gasteiger partial charge in [0.2, 0.25) is 5.91 Å². The average molecular weight is 199 g/mol. The van der Waals surface area contributed by atoms with Crippen molar-refractivity contribution in [1.29, 1.82) is 0 Å². The van der Waals surface area contributed by atoms with Gasteiger partial charge in [0.15, 0.2) is 6.10 Å². The van der Waals surface area contributed by atoms with E-state index in [-0.39, 0.29) is 6.42 Å². The average Bonchev–Trinajstić information content (AvgIpc) is 1.99. The second-order valence-corrected chi connectivity index (χ2v) is 2.61. The zero-order chi connectivity index (χ0) is 10.5. The molecule has 0 aromatic heterocycles. The Morgan fingerprint density at radius 2 is 2.08 bits per heavy atom. The largest absolute Gasteiger partial charge is 0.416 e. The molecule has 1 amide bonds. The molecule has 2 N–H and O–H groups in total. The van der Waals surface area contributed by atoms with Crippen LogP contribution in [0.25, 0.3) is 0 Å². The van der Waals surface area contributed by atoms with Crippen molar-refractivity contribution in [2.45, 2.75) is 32.0 Å². The van der Waals surface area contributed by atoms with E-state index in [1.165, 1.54) is 0 Å². The minimum atomic E-state index is -4.67. The van der Waals surface area contributed by atoms with Gasteiger partial charge in [-0.05, 0) is 6.42 Å². The third kappa shape index (κ3) is 5.46. The molecule has 1 atom stereocenters. The molecule has 0 aliphatic heterocycles. The van der Waals surface area contributed by atoms with Gasteiger partial charge in [-0.25, -0.2) is 0 Å². The number of amides is 1. The van der Waals surface area contributed by atoms with Crippen LogP contribution in [0.1, 0.15) is 19.8 Å². The number of hydrogen-bond acceptors (Lipinski definition) is 2. The molecule has 0 aliphatic carbocycles. The maximum absolute atomic E-state index is 11.7. The molecular weight excluding hydrogens is 187 g/mol. The molecule has 0 heterocycles. The number of hydrogen-bond donors (Lipinski definition) is 2. The third-order valence-corrected chi connectivity index (χ3v) is 1.35. The molecule has 0 saturated carbocycles. The highest BCUT2D eigenvalue weighted by Crippen LogP contribution is 2.19. The predicted octanol–water partition coefficient (Wildman–Crippen LogP) is 0.826. The SMILES string of the molecule is CCCC(=O)NCC(O)C(F)(F)F. The highest BCUT2D eigenvalue weighted by molar-refractivity contribution is 5.75. The van der Waals surface area contributed by atoms with Crippen molar-refractivity contribution in [3.63, 3.8) is 0 Å². The Morgan fingerprint density at radius 3 is 2.46 bits per heavy atom. The highest BCUT2D eigenvalue weighted by Gasteiger charge is 2.38. The first kappa shape index (κ1) is 12.2. The normalized spacial score (nSPS) is 13.9. The summed E-state index contributed by atoms with van der Waals surface area (Å²) in [5, 5.41) is 10.4. The maximum Gasteiger partial charge on any atom is 0.416 e. The van der Waals surface area contributed by atoms with Crippen LogP contribution in [0.4, 0.5) is 13.2 Å². The van der Waals surface area contributed by atoms with E-state index in [0.29, 0.717) is 6.42 Å². The van der Waals surface area contributed by atoms with Crippen molar-refractivity contribution in [2.24, 2.45) is 0 Å². The summed E-state index contributed by atoms with van der Waals surface area (Å²) in [4.78, 5) is 10.7. The van der Waals surface area contributed by atoms with E-state index >= 15 is 0 Å². The first-order valence-electron chi connectivity index (χ1n) is 3.89. The van der Waals surface area contributed by atoms with E-state index in [0.717, 1.165) is 0 Å². The Kier molecular flexibility index (Phi) is 4.76. The summed E-state index contributed by atoms with van der Waals surface area (Å²) in [6, 6.07) is 0. The monoisotopic (exact) mass is 199 g/mol. The lowest BCUT2D eigenvalue weighted by molar-refractivity contribution is -0.201. The van der Waals surface area contributed by atoms with Crippen LogP contribution in [-0.4, -0.2) is 29.8 Å². The van der Waals surface area contributed by atoms with E-state index < -0.39 is 24.7 Å². The number of rotatable bonds is 4. The van der Waals surface area contributed by atoms with Gasteiger partial charge in [-0.2, -0.15) is 13.2 Å². The molecule has 3 nitrogen and oxygen atoms in total. The molecule has 0 rings (SSSR count). The van der Waals surface area contributed by atoms with Crippen LogP contribution in [-0.2, 0) is 4.79 Å². The lowest BCUT2D eigenvalue weighted by atomic mass is 10.3. The third-order valence-electron chi connectivity index (χ3n) is 1.35. The van der Waals surface area contributed by atoms with E-state index in [1.807, 2.05) is 5.32 Å². The molecule has 0 aromatic carbocycles. The van der Waals surface area contributed by atoms with Crippen LogP contribution in [0.2, 0.25) is 0 Å². The molecule has 13 heavy (non-hydrogen) atoms. The zero-order valence-corrected chi connectivity index (χ0v) is 7.19. The summed E-state index contributed by atoms with van der Waals surface area (Å²) in [7, 11) is 0. The van der Waals surface area contributed by atoms with E-state index in [2.05, 4.69) is 0 Å². The smallest absolute Gasteiger partial charge is 0.382 e. The van der Waals surface area contributed by atoms with Crippen LogP contribution < -0.4 is 5.32 Å². The van der Waals surface area contributed by atoms with Crippen molar-refractivity contribution in [1.82, 2.24) is 5.32 Å². The number of aliphatic hydroxyl groups is 1. The Labute approximate surface area is 73.9 Å². The fourth-order valence-electron chi connectivity index (χ4n) is 0.642. The second-order valence-electron chi connectivity index (χ2n) is 2.61. The van der Waals surface area contributed by atoms with Crippen LogP contribution in [0.3, 0.4) is 0 Å². The van der Waals surface area contributed by atoms with Crippen molar-refractivity contribution in [3.8, 4) is 0 Å². The number of carbonyl (C=O) groups excluding carboxylic acids is 1. The number of alkyl halides is 3. The molecule has 78 valence electrons. The Morgan fingerprint density at radius 1 is 1.54 bits per heavy atom. The Balaban J connectivity index is 3.70. The molecule has 0 bridgehead atoms. The molecule has 0 aromatic rings. The van der Waals surface area contributed by atoms with E-state index in [4.69, 9.17) is 5.11 Å². The van der Waals surface area contributed by atoms with Crippen LogP contribution in [0, 0.1) is 0 Å².